The normalized spacial score (nSPS) is 10.3. The van der Waals surface area contributed by atoms with E-state index >= 15 is 0 Å². The maximum Gasteiger partial charge on any atom is 0.350 e. The van der Waals surface area contributed by atoms with E-state index < -0.39 is 0 Å². The van der Waals surface area contributed by atoms with Crippen LogP contribution in [0.5, 0.6) is 0 Å². The molecule has 1 aromatic heterocycles. The van der Waals surface area contributed by atoms with E-state index in [2.05, 4.69) is 4.98 Å². The molecule has 0 bridgehead atoms. The Morgan fingerprint density at radius 2 is 2.44 bits per heavy atom. The monoisotopic (exact) mass is 236 g/mol. The molecule has 0 aliphatic carbocycles. The summed E-state index contributed by atoms with van der Waals surface area (Å²) < 4.78 is 4.90. The highest BCUT2D eigenvalue weighted by Gasteiger charge is 2.14. The highest BCUT2D eigenvalue weighted by molar-refractivity contribution is 7.14. The van der Waals surface area contributed by atoms with Gasteiger partial charge in [0.15, 0.2) is 0 Å². The van der Waals surface area contributed by atoms with E-state index in [4.69, 9.17) is 10.00 Å². The number of hydrogen-bond donors (Lipinski definition) is 0. The molecule has 16 heavy (non-hydrogen) atoms. The van der Waals surface area contributed by atoms with Gasteiger partial charge in [-0.05, 0) is 19.9 Å². The Morgan fingerprint density at radius 3 is 3.06 bits per heavy atom. The number of carbonyl (C=O) groups is 1. The zero-order chi connectivity index (χ0) is 12.0. The highest BCUT2D eigenvalue weighted by atomic mass is 32.1. The van der Waals surface area contributed by atoms with E-state index in [1.165, 1.54) is 11.3 Å². The van der Waals surface area contributed by atoms with Gasteiger partial charge < -0.3 is 4.74 Å². The highest BCUT2D eigenvalue weighted by Crippen LogP contribution is 2.20. The second-order valence-corrected chi connectivity index (χ2v) is 3.98. The van der Waals surface area contributed by atoms with Crippen LogP contribution in [0.4, 0.5) is 0 Å². The van der Waals surface area contributed by atoms with Gasteiger partial charge in [-0.15, -0.1) is 11.3 Å². The number of hydrogen-bond acceptors (Lipinski definition) is 5. The topological polar surface area (TPSA) is 63.0 Å². The number of allylic oxidation sites excluding steroid dienone is 1. The molecule has 0 aliphatic heterocycles. The van der Waals surface area contributed by atoms with Crippen molar-refractivity contribution in [2.45, 2.75) is 20.3 Å². The molecule has 5 heteroatoms. The summed E-state index contributed by atoms with van der Waals surface area (Å²) in [5.41, 5.74) is 0.667. The predicted molar refractivity (Wildman–Crippen MR) is 62.1 cm³/mol. The molecule has 0 unspecified atom stereocenters. The Hall–Kier alpha value is -1.67. The number of rotatable bonds is 4. The number of nitrogens with zero attached hydrogens (tertiary/aromatic N) is 2. The minimum Gasteiger partial charge on any atom is -0.462 e. The molecule has 0 aromatic carbocycles. The summed E-state index contributed by atoms with van der Waals surface area (Å²) in [7, 11) is 0. The second-order valence-electron chi connectivity index (χ2n) is 2.95. The number of aromatic nitrogens is 1. The maximum absolute atomic E-state index is 11.5. The predicted octanol–water partition coefficient (Wildman–Crippen LogP) is 2.56. The average molecular weight is 236 g/mol. The summed E-state index contributed by atoms with van der Waals surface area (Å²) in [6, 6.07) is 2.00. The summed E-state index contributed by atoms with van der Waals surface area (Å²) in [6.07, 6.45) is 3.80. The first-order valence-corrected chi connectivity index (χ1v) is 5.68. The smallest absolute Gasteiger partial charge is 0.350 e. The molecule has 0 saturated carbocycles. The number of aryl methyl sites for hydroxylation is 1. The van der Waals surface area contributed by atoms with Crippen LogP contribution < -0.4 is 0 Å². The van der Waals surface area contributed by atoms with Gasteiger partial charge in [0.2, 0.25) is 0 Å². The van der Waals surface area contributed by atoms with Crippen molar-refractivity contribution in [1.82, 2.24) is 4.98 Å². The molecule has 84 valence electrons. The first-order valence-electron chi connectivity index (χ1n) is 4.87. The summed E-state index contributed by atoms with van der Waals surface area (Å²) >= 11 is 1.28. The van der Waals surface area contributed by atoms with Gasteiger partial charge >= 0.3 is 5.97 Å². The number of thiazole rings is 1. The molecule has 0 amide bonds. The van der Waals surface area contributed by atoms with Crippen LogP contribution in [-0.4, -0.2) is 17.6 Å². The quantitative estimate of drug-likeness (QED) is 0.754. The third kappa shape index (κ3) is 3.17. The maximum atomic E-state index is 11.5. The number of ether oxygens (including phenoxy) is 1. The summed E-state index contributed by atoms with van der Waals surface area (Å²) in [5.74, 6) is -0.336. The second kappa shape index (κ2) is 6.03. The summed E-state index contributed by atoms with van der Waals surface area (Å²) in [5, 5.41) is 9.09. The van der Waals surface area contributed by atoms with E-state index in [1.54, 1.807) is 26.0 Å². The molecular weight excluding hydrogens is 224 g/mol. The molecule has 0 aliphatic rings. The number of carbonyl (C=O) groups excluding carboxylic acids is 1. The van der Waals surface area contributed by atoms with Gasteiger partial charge in [-0.25, -0.2) is 9.78 Å². The van der Waals surface area contributed by atoms with E-state index in [0.29, 0.717) is 23.6 Å². The lowest BCUT2D eigenvalue weighted by Crippen LogP contribution is -2.03. The van der Waals surface area contributed by atoms with Crippen LogP contribution in [0.3, 0.4) is 0 Å². The first-order chi connectivity index (χ1) is 7.69. The van der Waals surface area contributed by atoms with Crippen molar-refractivity contribution in [1.29, 1.82) is 5.26 Å². The van der Waals surface area contributed by atoms with Gasteiger partial charge in [0, 0.05) is 0 Å². The van der Waals surface area contributed by atoms with Gasteiger partial charge in [-0.1, -0.05) is 6.08 Å². The van der Waals surface area contributed by atoms with E-state index in [0.717, 1.165) is 5.01 Å². The van der Waals surface area contributed by atoms with Gasteiger partial charge in [-0.2, -0.15) is 5.26 Å². The SMILES string of the molecule is CCOC(=O)c1sc(C=CCC#N)nc1C. The average Bonchev–Trinajstić information content (AvgIpc) is 2.61. The van der Waals surface area contributed by atoms with E-state index in [-0.39, 0.29) is 5.97 Å². The molecule has 0 radical (unpaired) electrons. The molecule has 1 aromatic rings. The lowest BCUT2D eigenvalue weighted by Gasteiger charge is -1.97. The van der Waals surface area contributed by atoms with Crippen LogP contribution in [0.25, 0.3) is 6.08 Å². The van der Waals surface area contributed by atoms with Crippen molar-refractivity contribution in [3.05, 3.63) is 21.7 Å². The Labute approximate surface area is 98.2 Å². The molecule has 0 fully saturated rings. The fourth-order valence-corrected chi connectivity index (χ4v) is 1.98. The Balaban J connectivity index is 2.82. The van der Waals surface area contributed by atoms with Gasteiger partial charge in [0.05, 0.1) is 24.8 Å². The molecule has 1 rings (SSSR count). The van der Waals surface area contributed by atoms with Crippen molar-refractivity contribution in [2.24, 2.45) is 0 Å². The molecule has 4 nitrogen and oxygen atoms in total. The van der Waals surface area contributed by atoms with Crippen LogP contribution in [0.15, 0.2) is 6.08 Å². The van der Waals surface area contributed by atoms with Crippen LogP contribution in [0.1, 0.15) is 33.7 Å². The molecule has 0 saturated heterocycles. The third-order valence-electron chi connectivity index (χ3n) is 1.74. The molecule has 0 spiro atoms. The van der Waals surface area contributed by atoms with Gasteiger partial charge in [0.25, 0.3) is 0 Å². The summed E-state index contributed by atoms with van der Waals surface area (Å²) in [4.78, 5) is 16.2. The Kier molecular flexibility index (Phi) is 4.67. The lowest BCUT2D eigenvalue weighted by atomic mass is 10.4. The third-order valence-corrected chi connectivity index (χ3v) is 2.85. The first kappa shape index (κ1) is 12.4. The molecular formula is C11H12N2O2S. The van der Waals surface area contributed by atoms with Crippen LogP contribution >= 0.6 is 11.3 Å². The van der Waals surface area contributed by atoms with Crippen LogP contribution in [-0.2, 0) is 4.74 Å². The van der Waals surface area contributed by atoms with Crippen molar-refractivity contribution >= 4 is 23.4 Å². The van der Waals surface area contributed by atoms with Crippen LogP contribution in [0, 0.1) is 18.3 Å². The Bertz CT molecular complexity index is 443. The molecule has 1 heterocycles. The van der Waals surface area contributed by atoms with Gasteiger partial charge in [-0.3, -0.25) is 0 Å². The Morgan fingerprint density at radius 1 is 1.69 bits per heavy atom. The fraction of sp³-hybridized carbons (Fsp3) is 0.364. The van der Waals surface area contributed by atoms with Gasteiger partial charge in [0.1, 0.15) is 9.88 Å². The molecule has 0 atom stereocenters. The zero-order valence-corrected chi connectivity index (χ0v) is 10.0. The fourth-order valence-electron chi connectivity index (χ4n) is 1.09. The van der Waals surface area contributed by atoms with E-state index in [9.17, 15) is 4.79 Å². The summed E-state index contributed by atoms with van der Waals surface area (Å²) in [6.45, 7) is 3.89. The van der Waals surface area contributed by atoms with Crippen molar-refractivity contribution in [3.63, 3.8) is 0 Å². The minimum absolute atomic E-state index is 0.336. The van der Waals surface area contributed by atoms with Crippen molar-refractivity contribution in [3.8, 4) is 6.07 Å². The lowest BCUT2D eigenvalue weighted by molar-refractivity contribution is 0.0531. The van der Waals surface area contributed by atoms with Crippen molar-refractivity contribution in [2.75, 3.05) is 6.61 Å². The van der Waals surface area contributed by atoms with E-state index in [1.807, 2.05) is 6.07 Å². The number of nitriles is 1. The molecule has 0 N–H and O–H groups in total. The minimum atomic E-state index is -0.336. The standard InChI is InChI=1S/C11H12N2O2S/c1-3-15-11(14)10-8(2)13-9(16-10)6-4-5-7-12/h4,6H,3,5H2,1-2H3. The number of esters is 1. The van der Waals surface area contributed by atoms with Crippen molar-refractivity contribution < 1.29 is 9.53 Å². The zero-order valence-electron chi connectivity index (χ0n) is 9.19. The largest absolute Gasteiger partial charge is 0.462 e. The van der Waals surface area contributed by atoms with Crippen LogP contribution in [0.2, 0.25) is 0 Å².